The molecule has 34 heavy (non-hydrogen) atoms. The van der Waals surface area contributed by atoms with Gasteiger partial charge in [-0.15, -0.1) is 10.2 Å². The van der Waals surface area contributed by atoms with Crippen LogP contribution in [0, 0.1) is 6.92 Å². The molecule has 1 amide bonds. The smallest absolute Gasteiger partial charge is 0.236 e. The van der Waals surface area contributed by atoms with Crippen molar-refractivity contribution in [3.05, 3.63) is 83.0 Å². The summed E-state index contributed by atoms with van der Waals surface area (Å²) in [5.74, 6) is 0.989. The Bertz CT molecular complexity index is 1240. The number of sulfonamides is 1. The molecular weight excluding hydrogens is 470 g/mol. The normalized spacial score (nSPS) is 15.1. The van der Waals surface area contributed by atoms with Crippen molar-refractivity contribution in [2.24, 2.45) is 0 Å². The average Bonchev–Trinajstić information content (AvgIpc) is 3.21. The number of benzene rings is 2. The molecule has 1 fully saturated rings. The molecule has 2 heterocycles. The van der Waals surface area contributed by atoms with Gasteiger partial charge in [0.25, 0.3) is 0 Å². The van der Waals surface area contributed by atoms with Crippen LogP contribution in [-0.4, -0.2) is 70.2 Å². The van der Waals surface area contributed by atoms with Gasteiger partial charge in [0.2, 0.25) is 15.9 Å². The van der Waals surface area contributed by atoms with E-state index < -0.39 is 10.0 Å². The number of rotatable bonds is 8. The predicted octanol–water partition coefficient (Wildman–Crippen LogP) is 2.87. The van der Waals surface area contributed by atoms with E-state index in [4.69, 9.17) is 0 Å². The van der Waals surface area contributed by atoms with E-state index in [0.717, 1.165) is 17.0 Å². The minimum absolute atomic E-state index is 0.0335. The molecule has 8 nitrogen and oxygen atoms in total. The van der Waals surface area contributed by atoms with Crippen molar-refractivity contribution < 1.29 is 13.2 Å². The zero-order valence-corrected chi connectivity index (χ0v) is 20.6. The second kappa shape index (κ2) is 11.0. The van der Waals surface area contributed by atoms with E-state index in [1.54, 1.807) is 11.0 Å². The molecule has 0 saturated carbocycles. The number of carbonyl (C=O) groups is 1. The van der Waals surface area contributed by atoms with E-state index in [-0.39, 0.29) is 24.7 Å². The Labute approximate surface area is 204 Å². The van der Waals surface area contributed by atoms with Gasteiger partial charge >= 0.3 is 0 Å². The molecule has 2 aromatic carbocycles. The molecule has 0 unspecified atom stereocenters. The van der Waals surface area contributed by atoms with Gasteiger partial charge in [-0.25, -0.2) is 8.42 Å². The van der Waals surface area contributed by atoms with E-state index >= 15 is 0 Å². The SMILES string of the molecule is Cc1nnc(SCC(=O)N2CCN(S(=O)(=O)/C=C/c3ccccc3)CC2)n1Cc1ccccc1. The summed E-state index contributed by atoms with van der Waals surface area (Å²) < 4.78 is 28.7. The molecular formula is C24H27N5O3S2. The Balaban J connectivity index is 1.29. The van der Waals surface area contributed by atoms with Crippen molar-refractivity contribution >= 4 is 33.8 Å². The summed E-state index contributed by atoms with van der Waals surface area (Å²) in [6.45, 7) is 3.83. The number of aromatic nitrogens is 3. The van der Waals surface area contributed by atoms with Crippen LogP contribution < -0.4 is 0 Å². The fourth-order valence-electron chi connectivity index (χ4n) is 3.64. The van der Waals surface area contributed by atoms with E-state index in [9.17, 15) is 13.2 Å². The average molecular weight is 498 g/mol. The van der Waals surface area contributed by atoms with Crippen molar-refractivity contribution in [3.8, 4) is 0 Å². The van der Waals surface area contributed by atoms with Crippen LogP contribution in [-0.2, 0) is 21.4 Å². The monoisotopic (exact) mass is 497 g/mol. The molecule has 0 N–H and O–H groups in total. The van der Waals surface area contributed by atoms with Crippen LogP contribution in [0.1, 0.15) is 17.0 Å². The van der Waals surface area contributed by atoms with Crippen molar-refractivity contribution in [1.82, 2.24) is 24.0 Å². The highest BCUT2D eigenvalue weighted by Gasteiger charge is 2.27. The van der Waals surface area contributed by atoms with E-state index in [1.165, 1.54) is 21.5 Å². The van der Waals surface area contributed by atoms with E-state index in [2.05, 4.69) is 10.2 Å². The molecule has 0 atom stereocenters. The highest BCUT2D eigenvalue weighted by atomic mass is 32.2. The van der Waals surface area contributed by atoms with Gasteiger partial charge in [-0.1, -0.05) is 72.4 Å². The maximum Gasteiger partial charge on any atom is 0.236 e. The second-order valence-corrected chi connectivity index (χ2v) is 10.7. The number of carbonyl (C=O) groups excluding carboxylic acids is 1. The topological polar surface area (TPSA) is 88.4 Å². The molecule has 1 aliphatic heterocycles. The number of hydrogen-bond acceptors (Lipinski definition) is 6. The van der Waals surface area contributed by atoms with Crippen LogP contribution in [0.3, 0.4) is 0 Å². The lowest BCUT2D eigenvalue weighted by Gasteiger charge is -2.33. The maximum absolute atomic E-state index is 12.8. The first-order valence-electron chi connectivity index (χ1n) is 11.0. The molecule has 0 spiro atoms. The van der Waals surface area contributed by atoms with Gasteiger partial charge in [0.15, 0.2) is 5.16 Å². The Morgan fingerprint density at radius 2 is 1.62 bits per heavy atom. The van der Waals surface area contributed by atoms with Crippen molar-refractivity contribution in [2.45, 2.75) is 18.6 Å². The molecule has 10 heteroatoms. The van der Waals surface area contributed by atoms with Crippen LogP contribution in [0.5, 0.6) is 0 Å². The summed E-state index contributed by atoms with van der Waals surface area (Å²) in [4.78, 5) is 14.5. The maximum atomic E-state index is 12.8. The number of aryl methyl sites for hydroxylation is 1. The highest BCUT2D eigenvalue weighted by molar-refractivity contribution is 7.99. The summed E-state index contributed by atoms with van der Waals surface area (Å²) in [5.41, 5.74) is 1.96. The summed E-state index contributed by atoms with van der Waals surface area (Å²) >= 11 is 1.36. The fourth-order valence-corrected chi connectivity index (χ4v) is 5.70. The zero-order chi connectivity index (χ0) is 24.0. The second-order valence-electron chi connectivity index (χ2n) is 7.93. The molecule has 0 bridgehead atoms. The molecule has 178 valence electrons. The third-order valence-electron chi connectivity index (χ3n) is 5.59. The number of hydrogen-bond donors (Lipinski definition) is 0. The Morgan fingerprint density at radius 1 is 0.971 bits per heavy atom. The largest absolute Gasteiger partial charge is 0.339 e. The molecule has 4 rings (SSSR count). The third-order valence-corrected chi connectivity index (χ3v) is 8.11. The van der Waals surface area contributed by atoms with Gasteiger partial charge in [0, 0.05) is 31.6 Å². The van der Waals surface area contributed by atoms with Crippen LogP contribution in [0.4, 0.5) is 0 Å². The summed E-state index contributed by atoms with van der Waals surface area (Å²) in [5, 5.41) is 10.3. The third kappa shape index (κ3) is 6.13. The van der Waals surface area contributed by atoms with Gasteiger partial charge in [0.05, 0.1) is 12.3 Å². The van der Waals surface area contributed by atoms with Crippen molar-refractivity contribution in [1.29, 1.82) is 0 Å². The van der Waals surface area contributed by atoms with Crippen molar-refractivity contribution in [3.63, 3.8) is 0 Å². The first kappa shape index (κ1) is 24.2. The van der Waals surface area contributed by atoms with Gasteiger partial charge < -0.3 is 9.47 Å². The van der Waals surface area contributed by atoms with Crippen LogP contribution in [0.2, 0.25) is 0 Å². The van der Waals surface area contributed by atoms with Gasteiger partial charge in [-0.3, -0.25) is 4.79 Å². The number of piperazine rings is 1. The lowest BCUT2D eigenvalue weighted by atomic mass is 10.2. The Morgan fingerprint density at radius 3 is 2.29 bits per heavy atom. The number of amides is 1. The summed E-state index contributed by atoms with van der Waals surface area (Å²) in [6.07, 6.45) is 1.59. The zero-order valence-electron chi connectivity index (χ0n) is 18.9. The molecule has 3 aromatic rings. The lowest BCUT2D eigenvalue weighted by molar-refractivity contribution is -0.129. The summed E-state index contributed by atoms with van der Waals surface area (Å²) in [7, 11) is -3.53. The lowest BCUT2D eigenvalue weighted by Crippen LogP contribution is -2.50. The Kier molecular flexibility index (Phi) is 7.81. The quantitative estimate of drug-likeness (QED) is 0.445. The summed E-state index contributed by atoms with van der Waals surface area (Å²) in [6, 6.07) is 19.3. The predicted molar refractivity (Wildman–Crippen MR) is 134 cm³/mol. The fraction of sp³-hybridized carbons (Fsp3) is 0.292. The molecule has 0 aliphatic carbocycles. The Hall–Kier alpha value is -2.95. The molecule has 0 radical (unpaired) electrons. The van der Waals surface area contributed by atoms with Gasteiger partial charge in [-0.2, -0.15) is 4.31 Å². The van der Waals surface area contributed by atoms with Gasteiger partial charge in [-0.05, 0) is 24.1 Å². The van der Waals surface area contributed by atoms with Crippen LogP contribution in [0.15, 0.2) is 71.2 Å². The van der Waals surface area contributed by atoms with E-state index in [0.29, 0.717) is 24.8 Å². The minimum atomic E-state index is -3.53. The standard InChI is InChI=1S/C24H27N5O3S2/c1-20-25-26-24(29(20)18-22-10-6-3-7-11-22)33-19-23(30)27-13-15-28(16-14-27)34(31,32)17-12-21-8-4-2-5-9-21/h2-12,17H,13-16,18-19H2,1H3/b17-12+. The minimum Gasteiger partial charge on any atom is -0.339 e. The van der Waals surface area contributed by atoms with Crippen molar-refractivity contribution in [2.75, 3.05) is 31.9 Å². The number of thioether (sulfide) groups is 1. The first-order valence-corrected chi connectivity index (χ1v) is 13.5. The van der Waals surface area contributed by atoms with Gasteiger partial charge in [0.1, 0.15) is 5.82 Å². The highest BCUT2D eigenvalue weighted by Crippen LogP contribution is 2.20. The number of nitrogens with zero attached hydrogens (tertiary/aromatic N) is 5. The van der Waals surface area contributed by atoms with E-state index in [1.807, 2.05) is 72.2 Å². The van der Waals surface area contributed by atoms with Crippen LogP contribution in [0.25, 0.3) is 6.08 Å². The molecule has 1 aromatic heterocycles. The van der Waals surface area contributed by atoms with Crippen LogP contribution >= 0.6 is 11.8 Å². The molecule has 1 aliphatic rings. The first-order chi connectivity index (χ1) is 16.4. The molecule has 1 saturated heterocycles.